The monoisotopic (exact) mass is 369 g/mol. The molecular formula is C15H23N5O2S2. The molecule has 3 amide bonds. The summed E-state index contributed by atoms with van der Waals surface area (Å²) in [5.41, 5.74) is 0. The largest absolute Gasteiger partial charge is 0.357 e. The minimum absolute atomic E-state index is 0.189. The van der Waals surface area contributed by atoms with E-state index in [9.17, 15) is 9.59 Å². The number of nitrogens with one attached hydrogen (secondary N) is 3. The third-order valence-electron chi connectivity index (χ3n) is 4.14. The summed E-state index contributed by atoms with van der Waals surface area (Å²) in [6, 6.07) is 0.321. The number of urea groups is 1. The first-order valence-electron chi connectivity index (χ1n) is 8.48. The molecule has 1 aromatic heterocycles. The lowest BCUT2D eigenvalue weighted by molar-refractivity contribution is -0.119. The Kier molecular flexibility index (Phi) is 5.94. The summed E-state index contributed by atoms with van der Waals surface area (Å²) in [6.45, 7) is 1.77. The van der Waals surface area contributed by atoms with Gasteiger partial charge in [-0.15, -0.1) is 10.2 Å². The van der Waals surface area contributed by atoms with Gasteiger partial charge in [0.1, 0.15) is 0 Å². The maximum atomic E-state index is 12.1. The first-order valence-corrected chi connectivity index (χ1v) is 10.2. The number of amides is 3. The van der Waals surface area contributed by atoms with Gasteiger partial charge in [0.05, 0.1) is 5.25 Å². The lowest BCUT2D eigenvalue weighted by Crippen LogP contribution is -2.47. The summed E-state index contributed by atoms with van der Waals surface area (Å²) in [5, 5.41) is 17.1. The molecule has 3 rings (SSSR count). The first-order chi connectivity index (χ1) is 11.6. The molecule has 9 heteroatoms. The molecule has 7 nitrogen and oxygen atoms in total. The van der Waals surface area contributed by atoms with Gasteiger partial charge in [0.2, 0.25) is 11.0 Å². The molecule has 0 bridgehead atoms. The molecule has 1 heterocycles. The number of hydrogen-bond acceptors (Lipinski definition) is 7. The highest BCUT2D eigenvalue weighted by atomic mass is 32.2. The summed E-state index contributed by atoms with van der Waals surface area (Å²) in [5.74, 6) is -0.305. The second kappa shape index (κ2) is 8.15. The molecule has 2 aliphatic rings. The van der Waals surface area contributed by atoms with Crippen LogP contribution in [-0.4, -0.2) is 39.5 Å². The minimum Gasteiger partial charge on any atom is -0.357 e. The van der Waals surface area contributed by atoms with Crippen molar-refractivity contribution in [3.8, 4) is 0 Å². The number of thioether (sulfide) groups is 1. The van der Waals surface area contributed by atoms with Crippen LogP contribution in [0.15, 0.2) is 4.34 Å². The summed E-state index contributed by atoms with van der Waals surface area (Å²) < 4.78 is 0.730. The molecule has 0 spiro atoms. The van der Waals surface area contributed by atoms with Crippen LogP contribution in [-0.2, 0) is 4.79 Å². The molecule has 2 fully saturated rings. The van der Waals surface area contributed by atoms with Crippen molar-refractivity contribution in [2.24, 2.45) is 0 Å². The van der Waals surface area contributed by atoms with Crippen molar-refractivity contribution in [1.29, 1.82) is 0 Å². The molecule has 132 valence electrons. The summed E-state index contributed by atoms with van der Waals surface area (Å²) >= 11 is 2.76. The van der Waals surface area contributed by atoms with Crippen molar-refractivity contribution in [2.45, 2.75) is 73.5 Å². The van der Waals surface area contributed by atoms with E-state index in [4.69, 9.17) is 0 Å². The van der Waals surface area contributed by atoms with Crippen LogP contribution in [0.5, 0.6) is 0 Å². The van der Waals surface area contributed by atoms with E-state index in [0.717, 1.165) is 35.2 Å². The van der Waals surface area contributed by atoms with Crippen LogP contribution in [0.2, 0.25) is 0 Å². The SMILES string of the molecule is C[C@H](Sc1nnc(NC2CC2)s1)C(=O)NC(=O)NC1CCCCC1. The van der Waals surface area contributed by atoms with E-state index >= 15 is 0 Å². The zero-order valence-corrected chi connectivity index (χ0v) is 15.3. The van der Waals surface area contributed by atoms with Crippen LogP contribution in [0.1, 0.15) is 51.9 Å². The Bertz CT molecular complexity index is 584. The van der Waals surface area contributed by atoms with Gasteiger partial charge in [-0.3, -0.25) is 10.1 Å². The van der Waals surface area contributed by atoms with Crippen molar-refractivity contribution in [3.05, 3.63) is 0 Å². The van der Waals surface area contributed by atoms with E-state index in [0.29, 0.717) is 6.04 Å². The third-order valence-corrected chi connectivity index (χ3v) is 6.17. The molecule has 0 aliphatic heterocycles. The van der Waals surface area contributed by atoms with Crippen molar-refractivity contribution >= 4 is 40.2 Å². The molecule has 2 saturated carbocycles. The van der Waals surface area contributed by atoms with Gasteiger partial charge in [-0.05, 0) is 32.6 Å². The third kappa shape index (κ3) is 5.34. The minimum atomic E-state index is -0.399. The predicted molar refractivity (Wildman–Crippen MR) is 95.4 cm³/mol. The van der Waals surface area contributed by atoms with Gasteiger partial charge in [0, 0.05) is 12.1 Å². The number of aromatic nitrogens is 2. The normalized spacial score (nSPS) is 19.5. The van der Waals surface area contributed by atoms with Crippen molar-refractivity contribution in [3.63, 3.8) is 0 Å². The summed E-state index contributed by atoms with van der Waals surface area (Å²) in [7, 11) is 0. The molecule has 3 N–H and O–H groups in total. The van der Waals surface area contributed by atoms with Crippen LogP contribution < -0.4 is 16.0 Å². The number of imide groups is 1. The lowest BCUT2D eigenvalue weighted by atomic mass is 9.96. The number of rotatable bonds is 6. The second-order valence-corrected chi connectivity index (χ2v) is 8.91. The van der Waals surface area contributed by atoms with Gasteiger partial charge < -0.3 is 10.6 Å². The van der Waals surface area contributed by atoms with Gasteiger partial charge in [-0.25, -0.2) is 4.79 Å². The van der Waals surface area contributed by atoms with Gasteiger partial charge in [0.25, 0.3) is 0 Å². The van der Waals surface area contributed by atoms with Crippen LogP contribution in [0, 0.1) is 0 Å². The topological polar surface area (TPSA) is 96.0 Å². The Morgan fingerprint density at radius 1 is 1.12 bits per heavy atom. The van der Waals surface area contributed by atoms with E-state index in [1.807, 2.05) is 0 Å². The van der Waals surface area contributed by atoms with E-state index in [2.05, 4.69) is 26.1 Å². The number of carbonyl (C=O) groups excluding carboxylic acids is 2. The Morgan fingerprint density at radius 2 is 1.88 bits per heavy atom. The van der Waals surface area contributed by atoms with Crippen molar-refractivity contribution in [1.82, 2.24) is 20.8 Å². The molecule has 1 aromatic rings. The predicted octanol–water partition coefficient (Wildman–Crippen LogP) is 2.75. The Hall–Kier alpha value is -1.35. The highest BCUT2D eigenvalue weighted by Gasteiger charge is 2.24. The number of carbonyl (C=O) groups is 2. The highest BCUT2D eigenvalue weighted by molar-refractivity contribution is 8.02. The van der Waals surface area contributed by atoms with Crippen molar-refractivity contribution in [2.75, 3.05) is 5.32 Å². The molecule has 0 saturated heterocycles. The molecule has 0 unspecified atom stereocenters. The zero-order chi connectivity index (χ0) is 16.9. The number of hydrogen-bond donors (Lipinski definition) is 3. The lowest BCUT2D eigenvalue weighted by Gasteiger charge is -2.22. The van der Waals surface area contributed by atoms with Gasteiger partial charge in [-0.2, -0.15) is 0 Å². The van der Waals surface area contributed by atoms with Gasteiger partial charge >= 0.3 is 6.03 Å². The molecule has 0 aromatic carbocycles. The van der Waals surface area contributed by atoms with Crippen LogP contribution in [0.25, 0.3) is 0 Å². The molecule has 24 heavy (non-hydrogen) atoms. The number of nitrogens with zero attached hydrogens (tertiary/aromatic N) is 2. The summed E-state index contributed by atoms with van der Waals surface area (Å²) in [6.07, 6.45) is 7.85. The quantitative estimate of drug-likeness (QED) is 0.667. The average Bonchev–Trinajstić information content (AvgIpc) is 3.26. The maximum absolute atomic E-state index is 12.1. The van der Waals surface area contributed by atoms with E-state index in [-0.39, 0.29) is 11.9 Å². The highest BCUT2D eigenvalue weighted by Crippen LogP contribution is 2.32. The fraction of sp³-hybridized carbons (Fsp3) is 0.733. The summed E-state index contributed by atoms with van der Waals surface area (Å²) in [4.78, 5) is 24.1. The van der Waals surface area contributed by atoms with Gasteiger partial charge in [-0.1, -0.05) is 42.4 Å². The molecule has 2 aliphatic carbocycles. The van der Waals surface area contributed by atoms with Crippen LogP contribution in [0.3, 0.4) is 0 Å². The van der Waals surface area contributed by atoms with E-state index in [1.54, 1.807) is 6.92 Å². The smallest absolute Gasteiger partial charge is 0.321 e. The Morgan fingerprint density at radius 3 is 2.58 bits per heavy atom. The van der Waals surface area contributed by atoms with Gasteiger partial charge in [0.15, 0.2) is 4.34 Å². The second-order valence-electron chi connectivity index (χ2n) is 6.35. The Labute approximate surface area is 149 Å². The van der Waals surface area contributed by atoms with E-state index in [1.165, 1.54) is 42.4 Å². The number of anilines is 1. The van der Waals surface area contributed by atoms with Crippen LogP contribution >= 0.6 is 23.1 Å². The average molecular weight is 370 g/mol. The standard InChI is InChI=1S/C15H23N5O2S2/c1-9(23-15-20-19-14(24-15)17-11-7-8-11)12(21)18-13(22)16-10-5-3-2-4-6-10/h9-11H,2-8H2,1H3,(H,17,19)(H2,16,18,21,22)/t9-/m0/s1. The molecule has 1 atom stereocenters. The van der Waals surface area contributed by atoms with E-state index < -0.39 is 11.3 Å². The van der Waals surface area contributed by atoms with Crippen molar-refractivity contribution < 1.29 is 9.59 Å². The fourth-order valence-corrected chi connectivity index (χ4v) is 4.58. The first kappa shape index (κ1) is 17.5. The Balaban J connectivity index is 1.41. The van der Waals surface area contributed by atoms with Crippen LogP contribution in [0.4, 0.5) is 9.93 Å². The molecular weight excluding hydrogens is 346 g/mol. The fourth-order valence-electron chi connectivity index (χ4n) is 2.60. The maximum Gasteiger partial charge on any atom is 0.321 e. The zero-order valence-electron chi connectivity index (χ0n) is 13.7. The molecule has 0 radical (unpaired) electrons.